The molecule has 0 unspecified atom stereocenters. The highest BCUT2D eigenvalue weighted by atomic mass is 19.4. The second kappa shape index (κ2) is 7.34. The van der Waals surface area contributed by atoms with Gasteiger partial charge in [-0.05, 0) is 24.1 Å². The molecule has 1 N–H and O–H groups in total. The molecule has 0 radical (unpaired) electrons. The Morgan fingerprint density at radius 1 is 1.26 bits per heavy atom. The van der Waals surface area contributed by atoms with Crippen molar-refractivity contribution in [2.75, 3.05) is 26.2 Å². The largest absolute Gasteiger partial charge is 0.448 e. The lowest BCUT2D eigenvalue weighted by Crippen LogP contribution is -2.31. The maximum Gasteiger partial charge on any atom is 0.416 e. The van der Waals surface area contributed by atoms with Gasteiger partial charge in [0.05, 0.1) is 18.5 Å². The minimum absolute atomic E-state index is 0.0178. The van der Waals surface area contributed by atoms with E-state index in [-0.39, 0.29) is 18.4 Å². The first-order chi connectivity index (χ1) is 10.9. The van der Waals surface area contributed by atoms with Crippen molar-refractivity contribution in [1.82, 2.24) is 10.2 Å². The van der Waals surface area contributed by atoms with Crippen molar-refractivity contribution in [1.29, 1.82) is 0 Å². The van der Waals surface area contributed by atoms with Crippen LogP contribution in [0.5, 0.6) is 0 Å². The van der Waals surface area contributed by atoms with Gasteiger partial charge >= 0.3 is 12.3 Å². The quantitative estimate of drug-likeness (QED) is 0.814. The van der Waals surface area contributed by atoms with Gasteiger partial charge in [-0.2, -0.15) is 13.2 Å². The molecule has 1 aliphatic heterocycles. The number of nitrogens with one attached hydrogen (secondary N) is 1. The minimum Gasteiger partial charge on any atom is -0.448 e. The molecular weight excluding hydrogens is 313 g/mol. The van der Waals surface area contributed by atoms with Gasteiger partial charge in [0.25, 0.3) is 0 Å². The van der Waals surface area contributed by atoms with Gasteiger partial charge in [0.2, 0.25) is 5.91 Å². The molecule has 0 bridgehead atoms. The van der Waals surface area contributed by atoms with Gasteiger partial charge in [-0.15, -0.1) is 0 Å². The Labute approximate surface area is 131 Å². The number of benzene rings is 1. The van der Waals surface area contributed by atoms with Gasteiger partial charge in [0.1, 0.15) is 6.61 Å². The first kappa shape index (κ1) is 17.1. The predicted octanol–water partition coefficient (Wildman–Crippen LogP) is 2.21. The van der Waals surface area contributed by atoms with Gasteiger partial charge in [-0.25, -0.2) is 4.79 Å². The molecule has 1 saturated heterocycles. The fraction of sp³-hybridized carbons (Fsp3) is 0.467. The topological polar surface area (TPSA) is 58.6 Å². The van der Waals surface area contributed by atoms with E-state index in [1.807, 2.05) is 0 Å². The second-order valence-corrected chi connectivity index (χ2v) is 5.18. The van der Waals surface area contributed by atoms with Gasteiger partial charge in [0.15, 0.2) is 0 Å². The third-order valence-corrected chi connectivity index (χ3v) is 3.42. The Morgan fingerprint density at radius 3 is 2.52 bits per heavy atom. The molecule has 1 aromatic carbocycles. The highest BCUT2D eigenvalue weighted by molar-refractivity contribution is 5.78. The van der Waals surface area contributed by atoms with Crippen molar-refractivity contribution < 1.29 is 27.5 Å². The zero-order valence-corrected chi connectivity index (χ0v) is 12.4. The average Bonchev–Trinajstić information content (AvgIpc) is 2.89. The molecular formula is C15H17F3N2O3. The summed E-state index contributed by atoms with van der Waals surface area (Å²) in [7, 11) is 0. The summed E-state index contributed by atoms with van der Waals surface area (Å²) in [5.74, 6) is -0.270. The summed E-state index contributed by atoms with van der Waals surface area (Å²) >= 11 is 0. The zero-order chi connectivity index (χ0) is 16.9. The molecule has 1 aliphatic rings. The first-order valence-electron chi connectivity index (χ1n) is 7.21. The Bertz CT molecular complexity index is 558. The lowest BCUT2D eigenvalue weighted by atomic mass is 10.1. The molecule has 126 valence electrons. The molecule has 0 atom stereocenters. The van der Waals surface area contributed by atoms with Crippen molar-refractivity contribution >= 4 is 12.0 Å². The molecule has 5 nitrogen and oxygen atoms in total. The van der Waals surface area contributed by atoms with Gasteiger partial charge in [0, 0.05) is 13.1 Å². The summed E-state index contributed by atoms with van der Waals surface area (Å²) in [5.41, 5.74) is -0.224. The van der Waals surface area contributed by atoms with Crippen LogP contribution in [0.3, 0.4) is 0 Å². The molecule has 2 amide bonds. The van der Waals surface area contributed by atoms with Gasteiger partial charge in [-0.1, -0.05) is 12.1 Å². The van der Waals surface area contributed by atoms with Crippen LogP contribution >= 0.6 is 0 Å². The summed E-state index contributed by atoms with van der Waals surface area (Å²) in [6.45, 7) is 1.83. The highest BCUT2D eigenvalue weighted by Gasteiger charge is 2.29. The van der Waals surface area contributed by atoms with Crippen molar-refractivity contribution in [3.63, 3.8) is 0 Å². The van der Waals surface area contributed by atoms with Crippen LogP contribution in [-0.2, 0) is 22.1 Å². The third kappa shape index (κ3) is 5.15. The van der Waals surface area contributed by atoms with E-state index < -0.39 is 11.7 Å². The number of carbonyl (C=O) groups is 2. The Balaban J connectivity index is 1.69. The first-order valence-corrected chi connectivity index (χ1v) is 7.21. The van der Waals surface area contributed by atoms with Crippen molar-refractivity contribution in [2.24, 2.45) is 0 Å². The van der Waals surface area contributed by atoms with Crippen LogP contribution in [0.4, 0.5) is 18.0 Å². The minimum atomic E-state index is -4.38. The third-order valence-electron chi connectivity index (χ3n) is 3.42. The van der Waals surface area contributed by atoms with Crippen LogP contribution in [0, 0.1) is 0 Å². The van der Waals surface area contributed by atoms with E-state index in [0.717, 1.165) is 12.1 Å². The zero-order valence-electron chi connectivity index (χ0n) is 12.4. The lowest BCUT2D eigenvalue weighted by Gasteiger charge is -2.12. The van der Waals surface area contributed by atoms with E-state index in [4.69, 9.17) is 4.74 Å². The van der Waals surface area contributed by atoms with E-state index in [2.05, 4.69) is 5.32 Å². The van der Waals surface area contributed by atoms with Crippen LogP contribution in [0.2, 0.25) is 0 Å². The normalized spacial score (nSPS) is 14.7. The SMILES string of the molecule is O=C(Cc1ccc(C(F)(F)F)cc1)NCCCN1CCOC1=O. The van der Waals surface area contributed by atoms with Crippen molar-refractivity contribution in [2.45, 2.75) is 19.0 Å². The van der Waals surface area contributed by atoms with Gasteiger partial charge < -0.3 is 15.0 Å². The molecule has 1 aromatic rings. The Kier molecular flexibility index (Phi) is 5.46. The van der Waals surface area contributed by atoms with E-state index >= 15 is 0 Å². The number of alkyl halides is 3. The van der Waals surface area contributed by atoms with Crippen LogP contribution in [0.15, 0.2) is 24.3 Å². The molecule has 8 heteroatoms. The van der Waals surface area contributed by atoms with Crippen LogP contribution in [0.25, 0.3) is 0 Å². The van der Waals surface area contributed by atoms with E-state index in [0.29, 0.717) is 38.2 Å². The number of hydrogen-bond acceptors (Lipinski definition) is 3. The number of nitrogens with zero attached hydrogens (tertiary/aromatic N) is 1. The van der Waals surface area contributed by atoms with Crippen LogP contribution in [0.1, 0.15) is 17.5 Å². The maximum atomic E-state index is 12.4. The second-order valence-electron chi connectivity index (χ2n) is 5.18. The smallest absolute Gasteiger partial charge is 0.416 e. The van der Waals surface area contributed by atoms with Crippen molar-refractivity contribution in [3.8, 4) is 0 Å². The Morgan fingerprint density at radius 2 is 1.96 bits per heavy atom. The molecule has 0 aromatic heterocycles. The molecule has 1 fully saturated rings. The van der Waals surface area contributed by atoms with Crippen LogP contribution in [-0.4, -0.2) is 43.1 Å². The molecule has 0 spiro atoms. The average molecular weight is 330 g/mol. The van der Waals surface area contributed by atoms with E-state index in [1.54, 1.807) is 4.90 Å². The number of amides is 2. The maximum absolute atomic E-state index is 12.4. The predicted molar refractivity (Wildman–Crippen MR) is 75.7 cm³/mol. The van der Waals surface area contributed by atoms with E-state index in [1.165, 1.54) is 12.1 Å². The summed E-state index contributed by atoms with van der Waals surface area (Å²) in [4.78, 5) is 24.5. The summed E-state index contributed by atoms with van der Waals surface area (Å²) < 4.78 is 42.1. The summed E-state index contributed by atoms with van der Waals surface area (Å²) in [6, 6.07) is 4.51. The summed E-state index contributed by atoms with van der Waals surface area (Å²) in [5, 5.41) is 2.67. The molecule has 2 rings (SSSR count). The highest BCUT2D eigenvalue weighted by Crippen LogP contribution is 2.29. The van der Waals surface area contributed by atoms with Crippen molar-refractivity contribution in [3.05, 3.63) is 35.4 Å². The molecule has 23 heavy (non-hydrogen) atoms. The number of rotatable bonds is 6. The van der Waals surface area contributed by atoms with Gasteiger partial charge in [-0.3, -0.25) is 4.79 Å². The number of cyclic esters (lactones) is 1. The molecule has 0 aliphatic carbocycles. The number of hydrogen-bond donors (Lipinski definition) is 1. The fourth-order valence-corrected chi connectivity index (χ4v) is 2.19. The number of halogens is 3. The van der Waals surface area contributed by atoms with E-state index in [9.17, 15) is 22.8 Å². The number of carbonyl (C=O) groups excluding carboxylic acids is 2. The van der Waals surface area contributed by atoms with Crippen LogP contribution < -0.4 is 5.32 Å². The monoisotopic (exact) mass is 330 g/mol. The summed E-state index contributed by atoms with van der Waals surface area (Å²) in [6.07, 6.45) is -4.11. The molecule has 0 saturated carbocycles. The Hall–Kier alpha value is -2.25. The fourth-order valence-electron chi connectivity index (χ4n) is 2.19. The standard InChI is InChI=1S/C15H17F3N2O3/c16-15(17,18)12-4-2-11(3-5-12)10-13(21)19-6-1-7-20-8-9-23-14(20)22/h2-5H,1,6-10H2,(H,19,21). The molecule has 1 heterocycles. The number of ether oxygens (including phenoxy) is 1. The lowest BCUT2D eigenvalue weighted by molar-refractivity contribution is -0.137.